The van der Waals surface area contributed by atoms with Crippen molar-refractivity contribution in [2.75, 3.05) is 19.8 Å². The summed E-state index contributed by atoms with van der Waals surface area (Å²) >= 11 is 0. The van der Waals surface area contributed by atoms with Gasteiger partial charge in [0, 0.05) is 0 Å². The number of carbonyl (C=O) groups excluding carboxylic acids is 1. The lowest BCUT2D eigenvalue weighted by molar-refractivity contribution is -0.0684. The van der Waals surface area contributed by atoms with Crippen LogP contribution in [0.15, 0.2) is 54.6 Å². The van der Waals surface area contributed by atoms with Crippen molar-refractivity contribution in [3.8, 4) is 5.75 Å². The third-order valence-electron chi connectivity index (χ3n) is 4.06. The first kappa shape index (κ1) is 20.2. The van der Waals surface area contributed by atoms with Gasteiger partial charge >= 0.3 is 6.09 Å². The fraction of sp³-hybridized carbons (Fsp3) is 0.409. The number of alkyl carbamates (subject to hydrolysis) is 1. The van der Waals surface area contributed by atoms with Crippen molar-refractivity contribution in [2.45, 2.75) is 38.7 Å². The Labute approximate surface area is 165 Å². The van der Waals surface area contributed by atoms with Crippen LogP contribution in [0.2, 0.25) is 0 Å². The minimum atomic E-state index is -0.572. The molecule has 150 valence electrons. The van der Waals surface area contributed by atoms with Crippen LogP contribution in [0.25, 0.3) is 0 Å². The Morgan fingerprint density at radius 3 is 2.43 bits per heavy atom. The Bertz CT molecular complexity index is 766. The van der Waals surface area contributed by atoms with Gasteiger partial charge in [-0.1, -0.05) is 42.5 Å². The maximum atomic E-state index is 12.4. The molecule has 1 atom stereocenters. The van der Waals surface area contributed by atoms with Crippen LogP contribution in [0.3, 0.4) is 0 Å². The van der Waals surface area contributed by atoms with Crippen molar-refractivity contribution in [1.82, 2.24) is 5.32 Å². The molecule has 3 rings (SSSR count). The number of nitrogens with one attached hydrogen (secondary N) is 1. The van der Waals surface area contributed by atoms with Crippen LogP contribution in [0.1, 0.15) is 37.9 Å². The minimum Gasteiger partial charge on any atom is -0.488 e. The van der Waals surface area contributed by atoms with Gasteiger partial charge in [-0.15, -0.1) is 0 Å². The highest BCUT2D eigenvalue weighted by molar-refractivity contribution is 5.69. The molecule has 1 fully saturated rings. The summed E-state index contributed by atoms with van der Waals surface area (Å²) in [5.74, 6) is 0.684. The van der Waals surface area contributed by atoms with Crippen molar-refractivity contribution in [1.29, 1.82) is 0 Å². The number of amides is 1. The Morgan fingerprint density at radius 2 is 1.75 bits per heavy atom. The zero-order chi connectivity index (χ0) is 20.0. The smallest absolute Gasteiger partial charge is 0.408 e. The standard InChI is InChI=1S/C22H27NO5/c1-22(2,3)28-21(24)23-20(16-8-5-4-6-9-16)17-10-7-11-18(14-17)27-15-19-25-12-13-26-19/h4-11,14,19-20H,12-13,15H2,1-3H3,(H,23,24). The number of ether oxygens (including phenoxy) is 4. The van der Waals surface area contributed by atoms with Crippen LogP contribution in [-0.4, -0.2) is 37.8 Å². The van der Waals surface area contributed by atoms with Gasteiger partial charge in [0.05, 0.1) is 19.3 Å². The van der Waals surface area contributed by atoms with E-state index in [4.69, 9.17) is 18.9 Å². The number of hydrogen-bond acceptors (Lipinski definition) is 5. The Morgan fingerprint density at radius 1 is 1.07 bits per heavy atom. The van der Waals surface area contributed by atoms with Crippen molar-refractivity contribution in [3.63, 3.8) is 0 Å². The number of carbonyl (C=O) groups is 1. The first-order valence-electron chi connectivity index (χ1n) is 9.41. The van der Waals surface area contributed by atoms with Gasteiger partial charge in [0.2, 0.25) is 0 Å². The normalized spacial score (nSPS) is 15.8. The van der Waals surface area contributed by atoms with E-state index in [-0.39, 0.29) is 12.3 Å². The van der Waals surface area contributed by atoms with Gasteiger partial charge in [-0.05, 0) is 44.0 Å². The van der Waals surface area contributed by atoms with Crippen molar-refractivity contribution in [2.24, 2.45) is 0 Å². The van der Waals surface area contributed by atoms with Crippen molar-refractivity contribution >= 4 is 6.09 Å². The van der Waals surface area contributed by atoms with E-state index in [0.29, 0.717) is 25.6 Å². The molecule has 6 heteroatoms. The molecule has 0 aromatic heterocycles. The van der Waals surface area contributed by atoms with E-state index in [1.54, 1.807) is 0 Å². The van der Waals surface area contributed by atoms with Gasteiger partial charge in [-0.3, -0.25) is 0 Å². The number of benzene rings is 2. The molecule has 0 saturated carbocycles. The van der Waals surface area contributed by atoms with Crippen molar-refractivity contribution < 1.29 is 23.7 Å². The summed E-state index contributed by atoms with van der Waals surface area (Å²) < 4.78 is 22.1. The molecule has 2 aromatic carbocycles. The van der Waals surface area contributed by atoms with Gasteiger partial charge in [-0.25, -0.2) is 4.79 Å². The summed E-state index contributed by atoms with van der Waals surface area (Å²) in [6, 6.07) is 17.0. The van der Waals surface area contributed by atoms with E-state index in [2.05, 4.69) is 5.32 Å². The molecule has 2 aromatic rings. The summed E-state index contributed by atoms with van der Waals surface area (Å²) in [7, 11) is 0. The molecule has 0 aliphatic carbocycles. The summed E-state index contributed by atoms with van der Waals surface area (Å²) in [4.78, 5) is 12.4. The first-order chi connectivity index (χ1) is 13.4. The van der Waals surface area contributed by atoms with Crippen LogP contribution in [0.4, 0.5) is 4.79 Å². The van der Waals surface area contributed by atoms with Gasteiger partial charge in [0.1, 0.15) is 18.0 Å². The molecular formula is C22H27NO5. The van der Waals surface area contributed by atoms with E-state index in [1.165, 1.54) is 0 Å². The average molecular weight is 385 g/mol. The van der Waals surface area contributed by atoms with E-state index >= 15 is 0 Å². The molecule has 1 N–H and O–H groups in total. The molecule has 1 saturated heterocycles. The van der Waals surface area contributed by atoms with E-state index in [0.717, 1.165) is 11.1 Å². The molecule has 28 heavy (non-hydrogen) atoms. The molecule has 0 radical (unpaired) electrons. The quantitative estimate of drug-likeness (QED) is 0.813. The highest BCUT2D eigenvalue weighted by Crippen LogP contribution is 2.26. The summed E-state index contributed by atoms with van der Waals surface area (Å²) in [6.07, 6.45) is -0.811. The Kier molecular flexibility index (Phi) is 6.54. The maximum Gasteiger partial charge on any atom is 0.408 e. The van der Waals surface area contributed by atoms with E-state index in [1.807, 2.05) is 75.4 Å². The van der Waals surface area contributed by atoms with Crippen molar-refractivity contribution in [3.05, 3.63) is 65.7 Å². The lowest BCUT2D eigenvalue weighted by Gasteiger charge is -2.24. The lowest BCUT2D eigenvalue weighted by Crippen LogP contribution is -2.35. The first-order valence-corrected chi connectivity index (χ1v) is 9.41. The molecular weight excluding hydrogens is 358 g/mol. The fourth-order valence-electron chi connectivity index (χ4n) is 2.88. The maximum absolute atomic E-state index is 12.4. The average Bonchev–Trinajstić information content (AvgIpc) is 3.18. The molecule has 0 spiro atoms. The molecule has 1 heterocycles. The Balaban J connectivity index is 1.77. The second-order valence-corrected chi connectivity index (χ2v) is 7.54. The summed E-state index contributed by atoms with van der Waals surface area (Å²) in [5, 5.41) is 2.96. The van der Waals surface area contributed by atoms with E-state index < -0.39 is 11.7 Å². The predicted molar refractivity (Wildman–Crippen MR) is 105 cm³/mol. The zero-order valence-corrected chi connectivity index (χ0v) is 16.5. The topological polar surface area (TPSA) is 66.0 Å². The summed E-state index contributed by atoms with van der Waals surface area (Å²) in [6.45, 7) is 7.01. The highest BCUT2D eigenvalue weighted by Gasteiger charge is 2.22. The van der Waals surface area contributed by atoms with Gasteiger partial charge < -0.3 is 24.3 Å². The minimum absolute atomic E-state index is 0.318. The predicted octanol–water partition coefficient (Wildman–Crippen LogP) is 4.05. The van der Waals surface area contributed by atoms with Crippen LogP contribution in [0.5, 0.6) is 5.75 Å². The largest absolute Gasteiger partial charge is 0.488 e. The monoisotopic (exact) mass is 385 g/mol. The van der Waals surface area contributed by atoms with Crippen LogP contribution in [-0.2, 0) is 14.2 Å². The van der Waals surface area contributed by atoms with Gasteiger partial charge in [0.25, 0.3) is 0 Å². The molecule has 1 aliphatic rings. The zero-order valence-electron chi connectivity index (χ0n) is 16.5. The van der Waals surface area contributed by atoms with Gasteiger partial charge in [-0.2, -0.15) is 0 Å². The molecule has 6 nitrogen and oxygen atoms in total. The summed E-state index contributed by atoms with van der Waals surface area (Å²) in [5.41, 5.74) is 1.27. The highest BCUT2D eigenvalue weighted by atomic mass is 16.7. The van der Waals surface area contributed by atoms with Gasteiger partial charge in [0.15, 0.2) is 6.29 Å². The van der Waals surface area contributed by atoms with Crippen LogP contribution in [0, 0.1) is 0 Å². The molecule has 0 bridgehead atoms. The number of hydrogen-bond donors (Lipinski definition) is 1. The Hall–Kier alpha value is -2.57. The molecule has 1 unspecified atom stereocenters. The van der Waals surface area contributed by atoms with Crippen LogP contribution < -0.4 is 10.1 Å². The third kappa shape index (κ3) is 5.97. The molecule has 1 aliphatic heterocycles. The molecule has 1 amide bonds. The second-order valence-electron chi connectivity index (χ2n) is 7.54. The fourth-order valence-corrected chi connectivity index (χ4v) is 2.88. The lowest BCUT2D eigenvalue weighted by atomic mass is 9.98. The third-order valence-corrected chi connectivity index (χ3v) is 4.06. The second kappa shape index (κ2) is 9.08. The van der Waals surface area contributed by atoms with Crippen LogP contribution >= 0.6 is 0 Å². The van der Waals surface area contributed by atoms with E-state index in [9.17, 15) is 4.79 Å². The SMILES string of the molecule is CC(C)(C)OC(=O)NC(c1ccccc1)c1cccc(OCC2OCCO2)c1. The number of rotatable bonds is 6.